The Hall–Kier alpha value is -6.88. The van der Waals surface area contributed by atoms with Crippen molar-refractivity contribution in [3.63, 3.8) is 0 Å². The number of nitrogens with one attached hydrogen (secondary N) is 4. The Balaban J connectivity index is 0.906. The van der Waals surface area contributed by atoms with Crippen molar-refractivity contribution < 1.29 is 56.0 Å². The summed E-state index contributed by atoms with van der Waals surface area (Å²) >= 11 is 0. The molecule has 0 fully saturated rings. The van der Waals surface area contributed by atoms with Crippen LogP contribution in [0.3, 0.4) is 0 Å². The maximum Gasteiger partial charge on any atom is 0.410 e. The van der Waals surface area contributed by atoms with E-state index in [9.17, 15) is 22.8 Å². The van der Waals surface area contributed by atoms with Crippen LogP contribution in [0.1, 0.15) is 122 Å². The van der Waals surface area contributed by atoms with Gasteiger partial charge in [-0.05, 0) is 127 Å². The number of benzene rings is 3. The maximum atomic E-state index is 15.1. The van der Waals surface area contributed by atoms with Crippen molar-refractivity contribution in [1.29, 1.82) is 0 Å². The number of carbonyl (C=O) groups excluding carboxylic acids is 4. The van der Waals surface area contributed by atoms with Crippen LogP contribution in [-0.4, -0.2) is 151 Å². The molecule has 4 atom stereocenters. The van der Waals surface area contributed by atoms with E-state index < -0.39 is 61.6 Å². The number of anilines is 2. The molecule has 0 unspecified atom stereocenters. The zero-order valence-corrected chi connectivity index (χ0v) is 50.6. The molecule has 3 aromatic carbocycles. The number of nitrogens with zero attached hydrogens (tertiary/aromatic N) is 5. The van der Waals surface area contributed by atoms with Crippen LogP contribution in [0.5, 0.6) is 11.5 Å². The average molecular weight is 1150 g/mol. The number of ether oxygens (including phenoxy) is 6. The van der Waals surface area contributed by atoms with Crippen LogP contribution in [0.25, 0.3) is 10.9 Å². The second-order valence-corrected chi connectivity index (χ2v) is 26.6. The van der Waals surface area contributed by atoms with Gasteiger partial charge in [0.15, 0.2) is 15.7 Å². The first kappa shape index (κ1) is 62.7. The van der Waals surface area contributed by atoms with E-state index >= 15 is 4.79 Å². The molecule has 82 heavy (non-hydrogen) atoms. The summed E-state index contributed by atoms with van der Waals surface area (Å²) in [5.74, 6) is 0.461. The first-order valence-corrected chi connectivity index (χ1v) is 29.5. The van der Waals surface area contributed by atoms with E-state index in [-0.39, 0.29) is 68.6 Å². The monoisotopic (exact) mass is 1150 g/mol. The number of H-pyrrole nitrogens is 1. The van der Waals surface area contributed by atoms with Gasteiger partial charge in [0.05, 0.1) is 63.1 Å². The summed E-state index contributed by atoms with van der Waals surface area (Å²) in [7, 11) is -2.61. The van der Waals surface area contributed by atoms with E-state index in [1.54, 1.807) is 65.5 Å². The first-order valence-electron chi connectivity index (χ1n) is 28.0. The molecule has 1 aliphatic heterocycles. The number of fused-ring (bicyclic) bond motifs is 3. The number of carbonyl (C=O) groups is 4. The third-order valence-corrected chi connectivity index (χ3v) is 17.4. The Labute approximate surface area is 482 Å². The van der Waals surface area contributed by atoms with Crippen molar-refractivity contribution in [2.24, 2.45) is 5.41 Å². The second-order valence-electron chi connectivity index (χ2n) is 23.9. The molecule has 5 aromatic rings. The predicted molar refractivity (Wildman–Crippen MR) is 311 cm³/mol. The molecule has 1 aliphatic carbocycles. The molecule has 0 saturated carbocycles. The SMILES string of the molecule is COC(=O)N([C@@H](C)C(=O)N[C@H](C(=O)N1Cc2cc(OCCOCCOCCOCCOc3cc4ncnc(Nc5n[nH]c(C)c5C)c4cc3S(=O)(=O)C(C)(C)C)ccc2C[C@H]1C(=O)N[C@H]1CCCc2ccccc21)C(C)(C)C)C(C)(C)C. The van der Waals surface area contributed by atoms with Crippen LogP contribution < -0.4 is 25.4 Å². The van der Waals surface area contributed by atoms with Crippen LogP contribution >= 0.6 is 0 Å². The summed E-state index contributed by atoms with van der Waals surface area (Å²) in [4.78, 5) is 68.4. The van der Waals surface area contributed by atoms with Crippen molar-refractivity contribution in [1.82, 2.24) is 40.6 Å². The number of aryl methyl sites for hydroxylation is 2. The van der Waals surface area contributed by atoms with Gasteiger partial charge >= 0.3 is 6.09 Å². The van der Waals surface area contributed by atoms with Crippen LogP contribution in [0, 0.1) is 19.3 Å². The smallest absolute Gasteiger partial charge is 0.410 e. The van der Waals surface area contributed by atoms with Gasteiger partial charge < -0.3 is 49.3 Å². The van der Waals surface area contributed by atoms with Gasteiger partial charge in [-0.25, -0.2) is 23.2 Å². The van der Waals surface area contributed by atoms with Gasteiger partial charge in [-0.1, -0.05) is 51.1 Å². The molecular formula is C60H83N9O12S. The number of aromatic nitrogens is 4. The average Bonchev–Trinajstić information content (AvgIpc) is 3.88. The molecule has 0 bridgehead atoms. The molecule has 0 saturated heterocycles. The van der Waals surface area contributed by atoms with Crippen molar-refractivity contribution >= 4 is 56.2 Å². The van der Waals surface area contributed by atoms with Crippen molar-refractivity contribution in [3.8, 4) is 11.5 Å². The number of aromatic amines is 1. The number of hydrogen-bond acceptors (Lipinski definition) is 16. The van der Waals surface area contributed by atoms with Crippen LogP contribution in [0.2, 0.25) is 0 Å². The quantitative estimate of drug-likeness (QED) is 0.0452. The number of sulfone groups is 1. The molecule has 0 radical (unpaired) electrons. The van der Waals surface area contributed by atoms with E-state index in [2.05, 4.69) is 42.2 Å². The van der Waals surface area contributed by atoms with Gasteiger partial charge in [-0.2, -0.15) is 5.10 Å². The molecule has 4 N–H and O–H groups in total. The highest BCUT2D eigenvalue weighted by Gasteiger charge is 2.45. The lowest BCUT2D eigenvalue weighted by molar-refractivity contribution is -0.148. The highest BCUT2D eigenvalue weighted by Crippen LogP contribution is 2.38. The Morgan fingerprint density at radius 1 is 0.805 bits per heavy atom. The molecular weight excluding hydrogens is 1070 g/mol. The molecule has 2 aliphatic rings. The topological polar surface area (TPSA) is 255 Å². The van der Waals surface area contributed by atoms with E-state index in [1.165, 1.54) is 23.9 Å². The highest BCUT2D eigenvalue weighted by atomic mass is 32.2. The zero-order chi connectivity index (χ0) is 59.7. The summed E-state index contributed by atoms with van der Waals surface area (Å²) in [5.41, 5.74) is 4.68. The summed E-state index contributed by atoms with van der Waals surface area (Å²) < 4.78 is 61.1. The number of amides is 4. The molecule has 22 heteroatoms. The maximum absolute atomic E-state index is 15.1. The fourth-order valence-electron chi connectivity index (χ4n) is 10.1. The fourth-order valence-corrected chi connectivity index (χ4v) is 11.4. The number of methoxy groups -OCH3 is 1. The Bertz CT molecular complexity index is 3180. The summed E-state index contributed by atoms with van der Waals surface area (Å²) in [5, 5.41) is 17.2. The van der Waals surface area contributed by atoms with Crippen molar-refractivity contribution in [3.05, 3.63) is 94.4 Å². The lowest BCUT2D eigenvalue weighted by Crippen LogP contribution is -2.63. The minimum Gasteiger partial charge on any atom is -0.491 e. The van der Waals surface area contributed by atoms with Gasteiger partial charge in [-0.3, -0.25) is 24.4 Å². The number of hydrogen-bond donors (Lipinski definition) is 4. The van der Waals surface area contributed by atoms with E-state index in [0.29, 0.717) is 48.1 Å². The van der Waals surface area contributed by atoms with Crippen LogP contribution in [0.15, 0.2) is 65.8 Å². The number of rotatable bonds is 23. The van der Waals surface area contributed by atoms with Gasteiger partial charge in [-0.15, -0.1) is 0 Å². The molecule has 2 aromatic heterocycles. The minimum atomic E-state index is -3.87. The summed E-state index contributed by atoms with van der Waals surface area (Å²) in [6.45, 7) is 23.3. The van der Waals surface area contributed by atoms with Crippen molar-refractivity contribution in [2.75, 3.05) is 65.3 Å². The van der Waals surface area contributed by atoms with Gasteiger partial charge in [0.1, 0.15) is 59.9 Å². The van der Waals surface area contributed by atoms with E-state index in [4.69, 9.17) is 28.4 Å². The largest absolute Gasteiger partial charge is 0.491 e. The molecule has 3 heterocycles. The van der Waals surface area contributed by atoms with Gasteiger partial charge in [0.25, 0.3) is 0 Å². The fraction of sp³-hybridized carbons (Fsp3) is 0.550. The minimum absolute atomic E-state index is 0.0166. The van der Waals surface area contributed by atoms with Crippen LogP contribution in [0.4, 0.5) is 16.4 Å². The highest BCUT2D eigenvalue weighted by molar-refractivity contribution is 7.92. The predicted octanol–water partition coefficient (Wildman–Crippen LogP) is 8.03. The molecule has 446 valence electrons. The second kappa shape index (κ2) is 26.6. The lowest BCUT2D eigenvalue weighted by atomic mass is 9.83. The standard InChI is InChI=1S/C60H83N9O12S/c1-37-38(2)66-67-52(37)65-53-45-33-50(82(74,75)60(10,11)12)49(34-47(45)61-36-62-53)81-30-28-79-26-24-77-23-25-78-27-29-80-43-22-21-41-32-48(55(71)63-46-20-16-18-40-17-14-15-19-44(40)46)68(35-42(41)31-43)56(72)51(58(4,5)6)64-54(70)39(3)69(57(73)76-13)59(7,8)9/h14-15,17,19,21-22,31,33-34,36,39,46,48,51H,16,18,20,23-30,32,35H2,1-13H3,(H,63,71)(H,64,70)(H2,61,62,65,66,67)/t39-,46-,48-,51+/m0/s1. The Morgan fingerprint density at radius 2 is 1.46 bits per heavy atom. The summed E-state index contributed by atoms with van der Waals surface area (Å²) in [6.07, 6.45) is 3.58. The molecule has 4 amide bonds. The van der Waals surface area contributed by atoms with Crippen molar-refractivity contribution in [2.45, 2.75) is 155 Å². The first-order chi connectivity index (χ1) is 38.7. The van der Waals surface area contributed by atoms with E-state index in [0.717, 1.165) is 47.2 Å². The molecule has 7 rings (SSSR count). The molecule has 21 nitrogen and oxygen atoms in total. The Morgan fingerprint density at radius 3 is 2.09 bits per heavy atom. The third kappa shape index (κ3) is 15.0. The summed E-state index contributed by atoms with van der Waals surface area (Å²) in [6, 6.07) is 13.8. The lowest BCUT2D eigenvalue weighted by Gasteiger charge is -2.43. The normalized spacial score (nSPS) is 16.3. The zero-order valence-electron chi connectivity index (χ0n) is 49.8. The van der Waals surface area contributed by atoms with E-state index in [1.807, 2.05) is 71.0 Å². The van der Waals surface area contributed by atoms with Gasteiger partial charge in [0.2, 0.25) is 17.7 Å². The third-order valence-electron chi connectivity index (χ3n) is 14.9. The van der Waals surface area contributed by atoms with Gasteiger partial charge in [0, 0.05) is 41.2 Å². The Kier molecular flexibility index (Phi) is 20.3. The molecule has 0 spiro atoms. The van der Waals surface area contributed by atoms with Crippen LogP contribution in [-0.2, 0) is 62.6 Å².